The van der Waals surface area contributed by atoms with Gasteiger partial charge in [-0.25, -0.2) is 9.07 Å². The molecule has 1 aromatic heterocycles. The molecule has 2 N–H and O–H groups in total. The van der Waals surface area contributed by atoms with Gasteiger partial charge in [0.05, 0.1) is 12.1 Å². The summed E-state index contributed by atoms with van der Waals surface area (Å²) in [6.07, 6.45) is 0. The summed E-state index contributed by atoms with van der Waals surface area (Å²) in [7, 11) is 0. The third kappa shape index (κ3) is 1.84. The lowest BCUT2D eigenvalue weighted by Gasteiger charge is -2.03. The van der Waals surface area contributed by atoms with Gasteiger partial charge in [0.1, 0.15) is 5.82 Å². The van der Waals surface area contributed by atoms with Gasteiger partial charge < -0.3 is 5.73 Å². The highest BCUT2D eigenvalue weighted by Gasteiger charge is 2.11. The van der Waals surface area contributed by atoms with Gasteiger partial charge in [-0.2, -0.15) is 0 Å². The van der Waals surface area contributed by atoms with E-state index in [2.05, 4.69) is 15.5 Å². The topological polar surface area (TPSA) is 69.6 Å². The highest BCUT2D eigenvalue weighted by molar-refractivity contribution is 5.55. The minimum Gasteiger partial charge on any atom is -0.329 e. The molecule has 0 aliphatic carbocycles. The normalized spacial score (nSPS) is 10.5. The Morgan fingerprint density at radius 1 is 1.33 bits per heavy atom. The van der Waals surface area contributed by atoms with Gasteiger partial charge in [0.2, 0.25) is 0 Å². The van der Waals surface area contributed by atoms with E-state index in [1.165, 1.54) is 10.7 Å². The highest BCUT2D eigenvalue weighted by atomic mass is 19.1. The molecule has 1 aromatic carbocycles. The van der Waals surface area contributed by atoms with Crippen molar-refractivity contribution in [3.05, 3.63) is 30.1 Å². The maximum atomic E-state index is 13.4. The van der Waals surface area contributed by atoms with Crippen molar-refractivity contribution in [2.75, 3.05) is 6.54 Å². The molecule has 0 fully saturated rings. The summed E-state index contributed by atoms with van der Waals surface area (Å²) in [5, 5.41) is 11.0. The number of hydrogen-bond acceptors (Lipinski definition) is 4. The van der Waals surface area contributed by atoms with Crippen LogP contribution in [0.15, 0.2) is 24.3 Å². The van der Waals surface area contributed by atoms with Crippen LogP contribution in [0.1, 0.15) is 0 Å². The Labute approximate surface area is 85.7 Å². The van der Waals surface area contributed by atoms with Crippen molar-refractivity contribution in [3.8, 4) is 11.4 Å². The van der Waals surface area contributed by atoms with Crippen LogP contribution in [0.4, 0.5) is 4.39 Å². The minimum absolute atomic E-state index is 0.342. The number of hydrogen-bond donors (Lipinski definition) is 1. The fourth-order valence-corrected chi connectivity index (χ4v) is 1.31. The van der Waals surface area contributed by atoms with Gasteiger partial charge >= 0.3 is 0 Å². The molecule has 6 heteroatoms. The zero-order chi connectivity index (χ0) is 10.7. The number of aromatic nitrogens is 4. The predicted molar refractivity (Wildman–Crippen MR) is 52.3 cm³/mol. The Bertz CT molecular complexity index is 453. The summed E-state index contributed by atoms with van der Waals surface area (Å²) in [6.45, 7) is 0.878. The Balaban J connectivity index is 2.45. The highest BCUT2D eigenvalue weighted by Crippen LogP contribution is 2.18. The maximum absolute atomic E-state index is 13.4. The van der Waals surface area contributed by atoms with E-state index in [1.807, 2.05) is 0 Å². The van der Waals surface area contributed by atoms with Crippen molar-refractivity contribution in [2.45, 2.75) is 6.54 Å². The van der Waals surface area contributed by atoms with Crippen LogP contribution in [0.25, 0.3) is 11.4 Å². The van der Waals surface area contributed by atoms with Crippen LogP contribution in [-0.2, 0) is 6.54 Å². The first-order valence-electron chi connectivity index (χ1n) is 4.54. The third-order valence-electron chi connectivity index (χ3n) is 1.99. The van der Waals surface area contributed by atoms with E-state index in [4.69, 9.17) is 5.73 Å². The van der Waals surface area contributed by atoms with Crippen molar-refractivity contribution in [3.63, 3.8) is 0 Å². The average molecular weight is 207 g/mol. The summed E-state index contributed by atoms with van der Waals surface area (Å²) < 4.78 is 14.9. The van der Waals surface area contributed by atoms with Crippen LogP contribution in [0.3, 0.4) is 0 Å². The van der Waals surface area contributed by atoms with Crippen LogP contribution in [0.5, 0.6) is 0 Å². The fraction of sp³-hybridized carbons (Fsp3) is 0.222. The van der Waals surface area contributed by atoms with E-state index >= 15 is 0 Å². The van der Waals surface area contributed by atoms with E-state index in [0.29, 0.717) is 24.5 Å². The van der Waals surface area contributed by atoms with E-state index in [9.17, 15) is 4.39 Å². The molecule has 0 bridgehead atoms. The van der Waals surface area contributed by atoms with Gasteiger partial charge in [-0.1, -0.05) is 12.1 Å². The predicted octanol–water partition coefficient (Wildman–Crippen LogP) is 0.438. The number of nitrogens with two attached hydrogens (primary N) is 1. The molecular weight excluding hydrogens is 197 g/mol. The molecule has 15 heavy (non-hydrogen) atoms. The SMILES string of the molecule is NCCn1nnnc1-c1ccccc1F. The molecule has 0 unspecified atom stereocenters. The third-order valence-corrected chi connectivity index (χ3v) is 1.99. The largest absolute Gasteiger partial charge is 0.329 e. The standard InChI is InChI=1S/C9H10FN5/c10-8-4-2-1-3-7(8)9-12-13-14-15(9)6-5-11/h1-4H,5-6,11H2. The molecule has 0 aliphatic heterocycles. The molecule has 78 valence electrons. The van der Waals surface area contributed by atoms with Crippen LogP contribution in [0, 0.1) is 5.82 Å². The van der Waals surface area contributed by atoms with Crippen molar-refractivity contribution in [1.29, 1.82) is 0 Å². The Morgan fingerprint density at radius 2 is 2.13 bits per heavy atom. The minimum atomic E-state index is -0.342. The number of rotatable bonds is 3. The summed E-state index contributed by atoms with van der Waals surface area (Å²) in [4.78, 5) is 0. The lowest BCUT2D eigenvalue weighted by atomic mass is 10.2. The van der Waals surface area contributed by atoms with Gasteiger partial charge in [-0.3, -0.25) is 0 Å². The van der Waals surface area contributed by atoms with E-state index < -0.39 is 0 Å². The monoisotopic (exact) mass is 207 g/mol. The van der Waals surface area contributed by atoms with Gasteiger partial charge in [0.15, 0.2) is 5.82 Å². The summed E-state index contributed by atoms with van der Waals surface area (Å²) in [5.74, 6) is 0.0594. The quantitative estimate of drug-likeness (QED) is 0.792. The molecule has 5 nitrogen and oxygen atoms in total. The first-order chi connectivity index (χ1) is 7.33. The van der Waals surface area contributed by atoms with Crippen molar-refractivity contribution < 1.29 is 4.39 Å². The van der Waals surface area contributed by atoms with Gasteiger partial charge in [-0.05, 0) is 22.6 Å². The molecular formula is C9H10FN5. The van der Waals surface area contributed by atoms with E-state index in [1.54, 1.807) is 18.2 Å². The Hall–Kier alpha value is -1.82. The lowest BCUT2D eigenvalue weighted by molar-refractivity contribution is 0.594. The van der Waals surface area contributed by atoms with Crippen LogP contribution in [-0.4, -0.2) is 26.8 Å². The summed E-state index contributed by atoms with van der Waals surface area (Å²) >= 11 is 0. The van der Waals surface area contributed by atoms with E-state index in [0.717, 1.165) is 0 Å². The van der Waals surface area contributed by atoms with Gasteiger partial charge in [0, 0.05) is 6.54 Å². The van der Waals surface area contributed by atoms with Crippen molar-refractivity contribution in [1.82, 2.24) is 20.2 Å². The first kappa shape index (κ1) is 9.72. The molecule has 0 amide bonds. The molecule has 0 radical (unpaired) electrons. The second-order valence-electron chi connectivity index (χ2n) is 2.99. The maximum Gasteiger partial charge on any atom is 0.185 e. The zero-order valence-corrected chi connectivity index (χ0v) is 7.97. The molecule has 0 aliphatic rings. The van der Waals surface area contributed by atoms with Crippen molar-refractivity contribution >= 4 is 0 Å². The van der Waals surface area contributed by atoms with Gasteiger partial charge in [0.25, 0.3) is 0 Å². The van der Waals surface area contributed by atoms with Crippen LogP contribution < -0.4 is 5.73 Å². The van der Waals surface area contributed by atoms with Crippen molar-refractivity contribution in [2.24, 2.45) is 5.73 Å². The summed E-state index contributed by atoms with van der Waals surface area (Å²) in [5.41, 5.74) is 5.78. The molecule has 0 saturated heterocycles. The molecule has 2 aromatic rings. The van der Waals surface area contributed by atoms with Crippen LogP contribution in [0.2, 0.25) is 0 Å². The second kappa shape index (κ2) is 4.14. The number of benzene rings is 1. The average Bonchev–Trinajstić information content (AvgIpc) is 2.67. The summed E-state index contributed by atoms with van der Waals surface area (Å²) in [6, 6.07) is 6.36. The zero-order valence-electron chi connectivity index (χ0n) is 7.97. The molecule has 0 spiro atoms. The lowest BCUT2D eigenvalue weighted by Crippen LogP contribution is -2.12. The Morgan fingerprint density at radius 3 is 2.87 bits per heavy atom. The number of nitrogens with zero attached hydrogens (tertiary/aromatic N) is 4. The fourth-order valence-electron chi connectivity index (χ4n) is 1.31. The van der Waals surface area contributed by atoms with Gasteiger partial charge in [-0.15, -0.1) is 5.10 Å². The second-order valence-corrected chi connectivity index (χ2v) is 2.99. The first-order valence-corrected chi connectivity index (χ1v) is 4.54. The molecule has 0 atom stereocenters. The number of halogens is 1. The molecule has 0 saturated carbocycles. The molecule has 1 heterocycles. The number of tetrazole rings is 1. The Kier molecular flexibility index (Phi) is 2.68. The van der Waals surface area contributed by atoms with E-state index in [-0.39, 0.29) is 5.82 Å². The van der Waals surface area contributed by atoms with Crippen LogP contribution >= 0.6 is 0 Å². The molecule has 2 rings (SSSR count). The smallest absolute Gasteiger partial charge is 0.185 e.